The normalized spacial score (nSPS) is 11.5. The second-order valence-corrected chi connectivity index (χ2v) is 8.24. The molecule has 12 heteroatoms. The van der Waals surface area contributed by atoms with E-state index in [1.54, 1.807) is 13.8 Å². The molecule has 0 aliphatic heterocycles. The van der Waals surface area contributed by atoms with E-state index < -0.39 is 31.9 Å². The molecule has 24 heavy (non-hydrogen) atoms. The zero-order valence-electron chi connectivity index (χ0n) is 13.6. The Labute approximate surface area is 163 Å². The molecule has 0 aromatic carbocycles. The Kier molecular flexibility index (Phi) is 6.70. The van der Waals surface area contributed by atoms with E-state index in [0.717, 1.165) is 4.52 Å². The maximum atomic E-state index is 12.1. The summed E-state index contributed by atoms with van der Waals surface area (Å²) < 4.78 is 33.8. The van der Waals surface area contributed by atoms with Gasteiger partial charge in [0.05, 0.1) is 18.0 Å². The summed E-state index contributed by atoms with van der Waals surface area (Å²) in [5.41, 5.74) is 0.882. The third kappa shape index (κ3) is 4.03. The van der Waals surface area contributed by atoms with Gasteiger partial charge in [-0.05, 0) is 31.6 Å². The van der Waals surface area contributed by atoms with Crippen LogP contribution in [-0.4, -0.2) is 33.7 Å². The Balaban J connectivity index is 0.00000288. The minimum absolute atomic E-state index is 0. The van der Waals surface area contributed by atoms with Crippen LogP contribution in [0.15, 0.2) is 9.59 Å². The molecule has 2 aromatic heterocycles. The van der Waals surface area contributed by atoms with Gasteiger partial charge in [0.25, 0.3) is 11.1 Å². The van der Waals surface area contributed by atoms with Gasteiger partial charge >= 0.3 is 29.6 Å². The first-order valence-electron chi connectivity index (χ1n) is 6.47. The average molecular weight is 383 g/mol. The first-order valence-corrected chi connectivity index (χ1v) is 9.38. The van der Waals surface area contributed by atoms with Crippen molar-refractivity contribution in [3.05, 3.63) is 43.2 Å². The third-order valence-corrected chi connectivity index (χ3v) is 5.45. The number of nitrogens with one attached hydrogen (secondary N) is 1. The molecule has 0 aliphatic carbocycles. The van der Waals surface area contributed by atoms with Crippen LogP contribution >= 0.6 is 10.8 Å². The summed E-state index contributed by atoms with van der Waals surface area (Å²) in [5, 5.41) is 2.44. The summed E-state index contributed by atoms with van der Waals surface area (Å²) in [6.07, 6.45) is 0. The number of rotatable bonds is 5. The topological polar surface area (TPSA) is 129 Å². The monoisotopic (exact) mass is 383 g/mol. The second-order valence-electron chi connectivity index (χ2n) is 4.96. The molecule has 1 N–H and O–H groups in total. The van der Waals surface area contributed by atoms with Crippen molar-refractivity contribution in [2.45, 2.75) is 27.3 Å². The van der Waals surface area contributed by atoms with Gasteiger partial charge in [-0.3, -0.25) is 14.4 Å². The van der Waals surface area contributed by atoms with Crippen LogP contribution in [0.2, 0.25) is 0 Å². The van der Waals surface area contributed by atoms with Crippen molar-refractivity contribution in [1.29, 1.82) is 0 Å². The largest absolute Gasteiger partial charge is 1.00 e. The Hall–Kier alpha value is -0.850. The number of nitrogens with zero attached hydrogens (tertiary/aromatic N) is 2. The van der Waals surface area contributed by atoms with Crippen LogP contribution < -0.4 is 46.0 Å². The Morgan fingerprint density at radius 1 is 1.12 bits per heavy atom. The number of hydrogen-bond acceptors (Lipinski definition) is 7. The third-order valence-electron chi connectivity index (χ3n) is 3.56. The summed E-state index contributed by atoms with van der Waals surface area (Å²) >= 11 is 0. The fourth-order valence-corrected chi connectivity index (χ4v) is 3.33. The van der Waals surface area contributed by atoms with Crippen LogP contribution in [0.4, 0.5) is 0 Å². The van der Waals surface area contributed by atoms with Gasteiger partial charge in [0, 0.05) is 16.8 Å². The number of hydrogen-bond donors (Lipinski definition) is 1. The van der Waals surface area contributed by atoms with Crippen molar-refractivity contribution < 1.29 is 47.3 Å². The molecule has 126 valence electrons. The zero-order valence-corrected chi connectivity index (χ0v) is 17.2. The van der Waals surface area contributed by atoms with Crippen LogP contribution in [0.5, 0.6) is 0 Å². The number of carbonyl (C=O) groups is 1. The number of amides is 1. The van der Waals surface area contributed by atoms with E-state index in [9.17, 15) is 27.4 Å². The van der Waals surface area contributed by atoms with E-state index in [2.05, 4.69) is 5.32 Å². The van der Waals surface area contributed by atoms with Crippen LogP contribution in [0.3, 0.4) is 0 Å². The fraction of sp³-hybridized carbons (Fsp3) is 0.417. The van der Waals surface area contributed by atoms with Crippen LogP contribution in [0.1, 0.15) is 22.5 Å². The smallest absolute Gasteiger partial charge is 0.739 e. The summed E-state index contributed by atoms with van der Waals surface area (Å²) in [5.74, 6) is -1.20. The molecule has 1 amide bonds. The van der Waals surface area contributed by atoms with Crippen molar-refractivity contribution in [2.75, 3.05) is 5.75 Å². The summed E-state index contributed by atoms with van der Waals surface area (Å²) in [4.78, 5) is 35.8. The Bertz CT molecular complexity index is 995. The predicted octanol–water partition coefficient (Wildman–Crippen LogP) is -4.06. The van der Waals surface area contributed by atoms with E-state index in [4.69, 9.17) is 0 Å². The molecule has 0 fully saturated rings. The summed E-state index contributed by atoms with van der Waals surface area (Å²) in [6, 6.07) is 0. The molecule has 0 bridgehead atoms. The van der Waals surface area contributed by atoms with E-state index in [0.29, 0.717) is 22.5 Å². The van der Waals surface area contributed by atoms with Gasteiger partial charge in [-0.2, -0.15) is 4.52 Å². The maximum absolute atomic E-state index is 12.1. The maximum Gasteiger partial charge on any atom is 1.00 e. The molecule has 0 unspecified atom stereocenters. The molecule has 0 atom stereocenters. The minimum atomic E-state index is -4.54. The average Bonchev–Trinajstić information content (AvgIpc) is 2.83. The molecule has 2 aromatic rings. The number of aromatic nitrogens is 2. The van der Waals surface area contributed by atoms with Gasteiger partial charge < -0.3 is 9.87 Å². The first-order chi connectivity index (χ1) is 10.5. The van der Waals surface area contributed by atoms with E-state index >= 15 is 0 Å². The van der Waals surface area contributed by atoms with Gasteiger partial charge in [0.2, 0.25) is 5.91 Å². The molecule has 9 nitrogen and oxygen atoms in total. The standard InChI is InChI=1S/C12H15N3O6S2.Na/c1-6-8(3)14-9(7(2)12(18)15(14)11(6)17)4-13-10(16)5-22-23(19,20)21;/h4-5H2,1-3H3,(H,13,16)(H,19,20,21);/q;+1/p-1. The van der Waals surface area contributed by atoms with Crippen molar-refractivity contribution in [3.63, 3.8) is 0 Å². The van der Waals surface area contributed by atoms with E-state index in [1.165, 1.54) is 11.4 Å². The van der Waals surface area contributed by atoms with Gasteiger partial charge in [-0.25, -0.2) is 12.9 Å². The summed E-state index contributed by atoms with van der Waals surface area (Å²) in [6.45, 7) is 4.75. The van der Waals surface area contributed by atoms with Crippen LogP contribution in [0.25, 0.3) is 0 Å². The molecule has 2 heterocycles. The van der Waals surface area contributed by atoms with Crippen molar-refractivity contribution >= 4 is 25.9 Å². The number of carbonyl (C=O) groups excluding carboxylic acids is 1. The van der Waals surface area contributed by atoms with Crippen LogP contribution in [-0.2, 0) is 20.5 Å². The Morgan fingerprint density at radius 2 is 1.67 bits per heavy atom. The molecule has 0 saturated heterocycles. The van der Waals surface area contributed by atoms with Crippen LogP contribution in [0, 0.1) is 20.8 Å². The van der Waals surface area contributed by atoms with Crippen molar-refractivity contribution in [1.82, 2.24) is 14.3 Å². The zero-order chi connectivity index (χ0) is 17.5. The Morgan fingerprint density at radius 3 is 2.21 bits per heavy atom. The number of fused-ring (bicyclic) bond motifs is 1. The quantitative estimate of drug-likeness (QED) is 0.316. The SMILES string of the molecule is Cc1c(C)n2c(CNC(=O)CSS(=O)(=O)[O-])c(C)c(=O)n2c1=O.[Na+]. The van der Waals surface area contributed by atoms with Crippen molar-refractivity contribution in [3.8, 4) is 0 Å². The fourth-order valence-electron chi connectivity index (χ4n) is 2.23. The van der Waals surface area contributed by atoms with E-state index in [1.807, 2.05) is 0 Å². The van der Waals surface area contributed by atoms with Gasteiger partial charge in [0.15, 0.2) is 0 Å². The summed E-state index contributed by atoms with van der Waals surface area (Å²) in [7, 11) is -4.56. The molecule has 0 radical (unpaired) electrons. The molecule has 2 rings (SSSR count). The minimum Gasteiger partial charge on any atom is -0.739 e. The molecular formula is C12H14N3NaO6S2. The number of aryl methyl sites for hydroxylation is 1. The first kappa shape index (κ1) is 21.2. The predicted molar refractivity (Wildman–Crippen MR) is 82.8 cm³/mol. The van der Waals surface area contributed by atoms with Gasteiger partial charge in [-0.15, -0.1) is 0 Å². The van der Waals surface area contributed by atoms with Gasteiger partial charge in [-0.1, -0.05) is 0 Å². The molecular weight excluding hydrogens is 369 g/mol. The van der Waals surface area contributed by atoms with Gasteiger partial charge in [0.1, 0.15) is 9.15 Å². The van der Waals surface area contributed by atoms with Crippen molar-refractivity contribution in [2.24, 2.45) is 0 Å². The second kappa shape index (κ2) is 7.58. The molecule has 0 saturated carbocycles. The molecule has 0 spiro atoms. The van der Waals surface area contributed by atoms with E-state index in [-0.39, 0.29) is 46.9 Å². The molecule has 0 aliphatic rings.